The zero-order valence-electron chi connectivity index (χ0n) is 17.0. The Bertz CT molecular complexity index is 966. The number of nitrogens with one attached hydrogen (secondary N) is 1. The Hall–Kier alpha value is -3.48. The van der Waals surface area contributed by atoms with Gasteiger partial charge >= 0.3 is 0 Å². The van der Waals surface area contributed by atoms with E-state index in [4.69, 9.17) is 14.2 Å². The number of methoxy groups -OCH3 is 2. The van der Waals surface area contributed by atoms with E-state index in [0.29, 0.717) is 29.4 Å². The van der Waals surface area contributed by atoms with E-state index in [1.54, 1.807) is 44.7 Å². The second kappa shape index (κ2) is 9.14. The van der Waals surface area contributed by atoms with Crippen LogP contribution < -0.4 is 19.5 Å². The van der Waals surface area contributed by atoms with Crippen LogP contribution in [0, 0.1) is 0 Å². The van der Waals surface area contributed by atoms with Crippen molar-refractivity contribution in [2.75, 3.05) is 14.2 Å². The Morgan fingerprint density at radius 3 is 2.45 bits per heavy atom. The topological polar surface area (TPSA) is 74.6 Å². The SMILES string of the molecule is COc1ccc(OC)c([C@@H](C)NC(=O)c2ccc(OCc3nccn3C)cc2)c1. The summed E-state index contributed by atoms with van der Waals surface area (Å²) in [7, 11) is 5.12. The molecule has 1 heterocycles. The molecule has 1 N–H and O–H groups in total. The smallest absolute Gasteiger partial charge is 0.251 e. The molecule has 1 aromatic heterocycles. The van der Waals surface area contributed by atoms with Crippen molar-refractivity contribution in [1.82, 2.24) is 14.9 Å². The molecule has 7 nitrogen and oxygen atoms in total. The third-order valence-corrected chi connectivity index (χ3v) is 4.66. The van der Waals surface area contributed by atoms with Crippen molar-refractivity contribution >= 4 is 5.91 Å². The van der Waals surface area contributed by atoms with Gasteiger partial charge in [0, 0.05) is 30.6 Å². The summed E-state index contributed by atoms with van der Waals surface area (Å²) in [6, 6.07) is 12.3. The van der Waals surface area contributed by atoms with Crippen LogP contribution in [0.4, 0.5) is 0 Å². The zero-order valence-corrected chi connectivity index (χ0v) is 17.0. The number of nitrogens with zero attached hydrogens (tertiary/aromatic N) is 2. The summed E-state index contributed by atoms with van der Waals surface area (Å²) < 4.78 is 18.3. The quantitative estimate of drug-likeness (QED) is 0.632. The first kappa shape index (κ1) is 20.3. The predicted octanol–water partition coefficient (Wildman–Crippen LogP) is 3.51. The molecule has 0 saturated heterocycles. The summed E-state index contributed by atoms with van der Waals surface area (Å²) in [5, 5.41) is 2.99. The van der Waals surface area contributed by atoms with Crippen molar-refractivity contribution in [3.63, 3.8) is 0 Å². The van der Waals surface area contributed by atoms with Gasteiger partial charge in [0.05, 0.1) is 20.3 Å². The highest BCUT2D eigenvalue weighted by molar-refractivity contribution is 5.94. The molecular formula is C22H25N3O4. The van der Waals surface area contributed by atoms with E-state index in [9.17, 15) is 4.79 Å². The average Bonchev–Trinajstić information content (AvgIpc) is 3.16. The third-order valence-electron chi connectivity index (χ3n) is 4.66. The first-order chi connectivity index (χ1) is 14.0. The number of amides is 1. The van der Waals surface area contributed by atoms with Crippen molar-refractivity contribution in [3.8, 4) is 17.2 Å². The molecule has 0 unspecified atom stereocenters. The third kappa shape index (κ3) is 4.87. The van der Waals surface area contributed by atoms with Crippen molar-refractivity contribution in [2.24, 2.45) is 7.05 Å². The Kier molecular flexibility index (Phi) is 6.39. The molecule has 2 aromatic carbocycles. The lowest BCUT2D eigenvalue weighted by atomic mass is 10.1. The highest BCUT2D eigenvalue weighted by atomic mass is 16.5. The predicted molar refractivity (Wildman–Crippen MR) is 109 cm³/mol. The molecule has 0 radical (unpaired) electrons. The summed E-state index contributed by atoms with van der Waals surface area (Å²) >= 11 is 0. The molecule has 0 bridgehead atoms. The molecule has 0 aliphatic carbocycles. The molecule has 0 aliphatic rings. The number of carbonyl (C=O) groups is 1. The first-order valence-electron chi connectivity index (χ1n) is 9.23. The van der Waals surface area contributed by atoms with Gasteiger partial charge in [-0.3, -0.25) is 4.79 Å². The van der Waals surface area contributed by atoms with Crippen LogP contribution >= 0.6 is 0 Å². The largest absolute Gasteiger partial charge is 0.497 e. The summed E-state index contributed by atoms with van der Waals surface area (Å²) in [5.74, 6) is 2.71. The lowest BCUT2D eigenvalue weighted by Gasteiger charge is -2.18. The molecule has 0 spiro atoms. The molecule has 0 saturated carbocycles. The highest BCUT2D eigenvalue weighted by Crippen LogP contribution is 2.29. The molecule has 29 heavy (non-hydrogen) atoms. The first-order valence-corrected chi connectivity index (χ1v) is 9.23. The molecule has 3 aromatic rings. The van der Waals surface area contributed by atoms with Gasteiger partial charge in [-0.25, -0.2) is 4.98 Å². The van der Waals surface area contributed by atoms with E-state index in [2.05, 4.69) is 10.3 Å². The minimum Gasteiger partial charge on any atom is -0.497 e. The average molecular weight is 395 g/mol. The van der Waals surface area contributed by atoms with E-state index >= 15 is 0 Å². The van der Waals surface area contributed by atoms with Gasteiger partial charge in [0.15, 0.2) is 0 Å². The van der Waals surface area contributed by atoms with Gasteiger partial charge in [0.2, 0.25) is 0 Å². The zero-order chi connectivity index (χ0) is 20.8. The Morgan fingerprint density at radius 1 is 1.10 bits per heavy atom. The number of carbonyl (C=O) groups excluding carboxylic acids is 1. The summed E-state index contributed by atoms with van der Waals surface area (Å²) in [5.41, 5.74) is 1.39. The van der Waals surface area contributed by atoms with E-state index in [0.717, 1.165) is 11.4 Å². The number of ether oxygens (including phenoxy) is 3. The van der Waals surface area contributed by atoms with Crippen LogP contribution in [-0.4, -0.2) is 29.7 Å². The number of hydrogen-bond acceptors (Lipinski definition) is 5. The molecule has 1 amide bonds. The van der Waals surface area contributed by atoms with Crippen LogP contribution in [-0.2, 0) is 13.7 Å². The lowest BCUT2D eigenvalue weighted by Crippen LogP contribution is -2.26. The maximum absolute atomic E-state index is 12.6. The van der Waals surface area contributed by atoms with Gasteiger partial charge in [-0.05, 0) is 49.4 Å². The molecule has 0 fully saturated rings. The van der Waals surface area contributed by atoms with Gasteiger partial charge < -0.3 is 24.1 Å². The van der Waals surface area contributed by atoms with Gasteiger partial charge in [-0.2, -0.15) is 0 Å². The second-order valence-corrected chi connectivity index (χ2v) is 6.57. The fraction of sp³-hybridized carbons (Fsp3) is 0.273. The normalized spacial score (nSPS) is 11.6. The van der Waals surface area contributed by atoms with Gasteiger partial charge in [-0.1, -0.05) is 0 Å². The van der Waals surface area contributed by atoms with Crippen molar-refractivity contribution in [3.05, 3.63) is 71.8 Å². The summed E-state index contributed by atoms with van der Waals surface area (Å²) in [4.78, 5) is 16.9. The fourth-order valence-corrected chi connectivity index (χ4v) is 2.92. The fourth-order valence-electron chi connectivity index (χ4n) is 2.92. The number of imidazole rings is 1. The van der Waals surface area contributed by atoms with Crippen LogP contribution in [0.15, 0.2) is 54.9 Å². The van der Waals surface area contributed by atoms with Crippen LogP contribution in [0.25, 0.3) is 0 Å². The van der Waals surface area contributed by atoms with Gasteiger partial charge in [-0.15, -0.1) is 0 Å². The minimum absolute atomic E-state index is 0.182. The highest BCUT2D eigenvalue weighted by Gasteiger charge is 2.16. The monoisotopic (exact) mass is 395 g/mol. The van der Waals surface area contributed by atoms with Gasteiger partial charge in [0.25, 0.3) is 5.91 Å². The second-order valence-electron chi connectivity index (χ2n) is 6.57. The van der Waals surface area contributed by atoms with E-state index < -0.39 is 0 Å². The summed E-state index contributed by atoms with van der Waals surface area (Å²) in [6.07, 6.45) is 3.59. The number of rotatable bonds is 8. The van der Waals surface area contributed by atoms with Crippen LogP contribution in [0.3, 0.4) is 0 Å². The van der Waals surface area contributed by atoms with Crippen molar-refractivity contribution < 1.29 is 19.0 Å². The van der Waals surface area contributed by atoms with Crippen molar-refractivity contribution in [2.45, 2.75) is 19.6 Å². The standard InChI is InChI=1S/C22H25N3O4/c1-15(19-13-18(27-3)9-10-20(19)28-4)24-22(26)16-5-7-17(8-6-16)29-14-21-23-11-12-25(21)2/h5-13,15H,14H2,1-4H3,(H,24,26)/t15-/m1/s1. The van der Waals surface area contributed by atoms with E-state index in [-0.39, 0.29) is 11.9 Å². The molecule has 3 rings (SSSR count). The Morgan fingerprint density at radius 2 is 1.83 bits per heavy atom. The van der Waals surface area contributed by atoms with E-state index in [1.807, 2.05) is 42.9 Å². The molecule has 0 aliphatic heterocycles. The molecule has 152 valence electrons. The van der Waals surface area contributed by atoms with Gasteiger partial charge in [0.1, 0.15) is 29.7 Å². The number of aryl methyl sites for hydroxylation is 1. The van der Waals surface area contributed by atoms with E-state index in [1.165, 1.54) is 0 Å². The maximum atomic E-state index is 12.6. The minimum atomic E-state index is -0.258. The summed E-state index contributed by atoms with van der Waals surface area (Å²) in [6.45, 7) is 2.27. The molecule has 7 heteroatoms. The lowest BCUT2D eigenvalue weighted by molar-refractivity contribution is 0.0939. The van der Waals surface area contributed by atoms with Crippen molar-refractivity contribution in [1.29, 1.82) is 0 Å². The Labute approximate surface area is 170 Å². The maximum Gasteiger partial charge on any atom is 0.251 e. The number of aromatic nitrogens is 2. The molecule has 1 atom stereocenters. The van der Waals surface area contributed by atoms with Crippen LogP contribution in [0.5, 0.6) is 17.2 Å². The van der Waals surface area contributed by atoms with Crippen LogP contribution in [0.2, 0.25) is 0 Å². The van der Waals surface area contributed by atoms with Crippen LogP contribution in [0.1, 0.15) is 34.7 Å². The number of hydrogen-bond donors (Lipinski definition) is 1. The number of benzene rings is 2. The Balaban J connectivity index is 1.64. The molecular weight excluding hydrogens is 370 g/mol.